The fourth-order valence-corrected chi connectivity index (χ4v) is 13.5. The summed E-state index contributed by atoms with van der Waals surface area (Å²) in [6, 6.07) is 84.3. The topological polar surface area (TPSA) is 3.24 Å². The van der Waals surface area contributed by atoms with Gasteiger partial charge in [0, 0.05) is 48.1 Å². The molecule has 0 saturated heterocycles. The molecule has 0 N–H and O–H groups in total. The Morgan fingerprint density at radius 2 is 0.800 bits per heavy atom. The maximum Gasteiger partial charge on any atom is 0.0465 e. The predicted octanol–water partition coefficient (Wildman–Crippen LogP) is 19.4. The maximum absolute atomic E-state index is 2.49. The summed E-state index contributed by atoms with van der Waals surface area (Å²) in [6.07, 6.45) is 0. The third-order valence-electron chi connectivity index (χ3n) is 15.9. The highest BCUT2D eigenvalue weighted by atomic mass is 32.1. The molecule has 0 unspecified atom stereocenters. The third kappa shape index (κ3) is 6.09. The molecule has 2 heteroatoms. The van der Waals surface area contributed by atoms with E-state index in [1.54, 1.807) is 0 Å². The Balaban J connectivity index is 0.897. The van der Waals surface area contributed by atoms with Gasteiger partial charge in [-0.15, -0.1) is 11.3 Å². The van der Waals surface area contributed by atoms with Gasteiger partial charge in [0.1, 0.15) is 0 Å². The summed E-state index contributed by atoms with van der Waals surface area (Å²) in [4.78, 5) is 2.49. The molecular formula is C68H49NS. The monoisotopic (exact) mass is 911 g/mol. The fraction of sp³-hybridized carbons (Fsp3) is 0.0882. The van der Waals surface area contributed by atoms with E-state index in [1.807, 2.05) is 11.3 Å². The summed E-state index contributed by atoms with van der Waals surface area (Å²) in [6.45, 7) is 9.62. The summed E-state index contributed by atoms with van der Waals surface area (Å²) in [5.74, 6) is 0. The zero-order valence-corrected chi connectivity index (χ0v) is 40.5. The van der Waals surface area contributed by atoms with Crippen molar-refractivity contribution in [2.45, 2.75) is 38.5 Å². The van der Waals surface area contributed by atoms with Crippen LogP contribution in [0.1, 0.15) is 49.9 Å². The minimum atomic E-state index is -0.227. The lowest BCUT2D eigenvalue weighted by molar-refractivity contribution is 0.660. The lowest BCUT2D eigenvalue weighted by Crippen LogP contribution is -2.18. The van der Waals surface area contributed by atoms with Gasteiger partial charge in [0.25, 0.3) is 0 Å². The first-order valence-corrected chi connectivity index (χ1v) is 25.4. The number of hydrogen-bond donors (Lipinski definition) is 0. The second-order valence-corrected chi connectivity index (χ2v) is 21.5. The van der Waals surface area contributed by atoms with Crippen molar-refractivity contribution in [3.8, 4) is 55.6 Å². The van der Waals surface area contributed by atoms with E-state index in [-0.39, 0.29) is 10.8 Å². The highest BCUT2D eigenvalue weighted by Gasteiger charge is 2.38. The zero-order chi connectivity index (χ0) is 46.9. The summed E-state index contributed by atoms with van der Waals surface area (Å²) < 4.78 is 2.69. The minimum Gasteiger partial charge on any atom is -0.310 e. The number of hydrogen-bond acceptors (Lipinski definition) is 2. The Hall–Kier alpha value is -8.04. The summed E-state index contributed by atoms with van der Waals surface area (Å²) in [5.41, 5.74) is 21.3. The Morgan fingerprint density at radius 1 is 0.300 bits per heavy atom. The highest BCUT2D eigenvalue weighted by molar-refractivity contribution is 7.26. The first kappa shape index (κ1) is 41.0. The quantitative estimate of drug-likeness (QED) is 0.150. The number of anilines is 3. The average Bonchev–Trinajstić information content (AvgIpc) is 3.98. The van der Waals surface area contributed by atoms with Gasteiger partial charge in [-0.1, -0.05) is 191 Å². The van der Waals surface area contributed by atoms with Crippen molar-refractivity contribution in [2.24, 2.45) is 0 Å². The molecule has 2 aliphatic rings. The van der Waals surface area contributed by atoms with Crippen LogP contribution >= 0.6 is 11.3 Å². The van der Waals surface area contributed by atoms with E-state index in [4.69, 9.17) is 0 Å². The number of benzene rings is 11. The van der Waals surface area contributed by atoms with E-state index in [0.29, 0.717) is 0 Å². The van der Waals surface area contributed by atoms with Gasteiger partial charge in [0.05, 0.1) is 0 Å². The van der Waals surface area contributed by atoms with Gasteiger partial charge in [0.15, 0.2) is 0 Å². The molecule has 12 aromatic rings. The van der Waals surface area contributed by atoms with Gasteiger partial charge in [-0.3, -0.25) is 0 Å². The van der Waals surface area contributed by atoms with E-state index in [2.05, 4.69) is 257 Å². The number of thiophene rings is 1. The Kier molecular flexibility index (Phi) is 8.92. The first-order chi connectivity index (χ1) is 34.2. The van der Waals surface area contributed by atoms with E-state index in [0.717, 1.165) is 17.1 Å². The minimum absolute atomic E-state index is 0.197. The lowest BCUT2D eigenvalue weighted by Gasteiger charge is -2.30. The zero-order valence-electron chi connectivity index (χ0n) is 39.7. The normalized spacial score (nSPS) is 13.9. The van der Waals surface area contributed by atoms with Gasteiger partial charge in [-0.05, 0) is 160 Å². The summed E-state index contributed by atoms with van der Waals surface area (Å²) in [7, 11) is 0. The molecule has 0 atom stereocenters. The van der Waals surface area contributed by atoms with Crippen LogP contribution in [0.25, 0.3) is 97.4 Å². The second kappa shape index (κ2) is 15.2. The molecule has 1 heterocycles. The largest absolute Gasteiger partial charge is 0.310 e. The van der Waals surface area contributed by atoms with E-state index < -0.39 is 0 Å². The molecule has 1 aromatic heterocycles. The van der Waals surface area contributed by atoms with Crippen molar-refractivity contribution in [3.05, 3.63) is 247 Å². The van der Waals surface area contributed by atoms with Crippen molar-refractivity contribution in [1.29, 1.82) is 0 Å². The van der Waals surface area contributed by atoms with E-state index >= 15 is 0 Å². The highest BCUT2D eigenvalue weighted by Crippen LogP contribution is 2.55. The summed E-state index contributed by atoms with van der Waals surface area (Å²) in [5, 5.41) is 7.76. The Morgan fingerprint density at radius 3 is 1.49 bits per heavy atom. The van der Waals surface area contributed by atoms with Gasteiger partial charge >= 0.3 is 0 Å². The molecule has 332 valence electrons. The lowest BCUT2D eigenvalue weighted by atomic mass is 9.81. The van der Waals surface area contributed by atoms with Crippen LogP contribution in [0.3, 0.4) is 0 Å². The number of rotatable bonds is 6. The molecule has 0 radical (unpaired) electrons. The summed E-state index contributed by atoms with van der Waals surface area (Å²) >= 11 is 1.90. The molecule has 1 nitrogen and oxygen atoms in total. The van der Waals surface area contributed by atoms with Crippen LogP contribution in [-0.2, 0) is 10.8 Å². The van der Waals surface area contributed by atoms with Crippen LogP contribution in [-0.4, -0.2) is 0 Å². The molecule has 0 spiro atoms. The molecule has 0 saturated carbocycles. The van der Waals surface area contributed by atoms with Gasteiger partial charge < -0.3 is 4.90 Å². The van der Waals surface area contributed by atoms with Crippen LogP contribution < -0.4 is 4.90 Å². The Bertz CT molecular complexity index is 4110. The van der Waals surface area contributed by atoms with Crippen molar-refractivity contribution in [3.63, 3.8) is 0 Å². The molecular weight excluding hydrogens is 863 g/mol. The number of nitrogens with zero attached hydrogens (tertiary/aromatic N) is 1. The van der Waals surface area contributed by atoms with Crippen molar-refractivity contribution in [1.82, 2.24) is 0 Å². The van der Waals surface area contributed by atoms with Crippen molar-refractivity contribution < 1.29 is 0 Å². The van der Waals surface area contributed by atoms with Gasteiger partial charge in [-0.2, -0.15) is 0 Å². The van der Waals surface area contributed by atoms with Crippen molar-refractivity contribution in [2.75, 3.05) is 4.90 Å². The Labute approximate surface area is 413 Å². The fourth-order valence-electron chi connectivity index (χ4n) is 12.2. The van der Waals surface area contributed by atoms with Crippen molar-refractivity contribution >= 4 is 70.1 Å². The van der Waals surface area contributed by atoms with E-state index in [1.165, 1.54) is 120 Å². The van der Waals surface area contributed by atoms with Crippen LogP contribution in [0.5, 0.6) is 0 Å². The third-order valence-corrected chi connectivity index (χ3v) is 17.1. The smallest absolute Gasteiger partial charge is 0.0465 e. The number of fused-ring (bicyclic) bond motifs is 12. The van der Waals surface area contributed by atoms with Crippen LogP contribution in [0.2, 0.25) is 0 Å². The predicted molar refractivity (Wildman–Crippen MR) is 300 cm³/mol. The first-order valence-electron chi connectivity index (χ1n) is 24.6. The molecule has 11 aromatic carbocycles. The molecule has 0 aliphatic heterocycles. The van der Waals surface area contributed by atoms with Crippen LogP contribution in [0.4, 0.5) is 17.1 Å². The standard InChI is InChI=1S/C68H49NS/c1-67(2)61-38-44(42-15-6-5-7-16-42)27-33-54(61)56-35-31-48(40-63(56)67)69(47-29-25-43(26-30-47)60-37-45-17-8-9-18-50(45)52-19-10-11-20-53(52)60)49-32-36-57-55-34-28-46(39-62(55)68(3,4)64(57)41-49)51-22-14-23-59-58-21-12-13-24-65(58)70-66(51)59/h5-41H,1-4H3. The molecule has 14 rings (SSSR count). The molecule has 0 fully saturated rings. The van der Waals surface area contributed by atoms with Crippen LogP contribution in [0.15, 0.2) is 224 Å². The van der Waals surface area contributed by atoms with Gasteiger partial charge in [-0.25, -0.2) is 0 Å². The molecule has 2 aliphatic carbocycles. The molecule has 70 heavy (non-hydrogen) atoms. The van der Waals surface area contributed by atoms with Crippen LogP contribution in [0, 0.1) is 0 Å². The van der Waals surface area contributed by atoms with Gasteiger partial charge in [0.2, 0.25) is 0 Å². The SMILES string of the molecule is CC1(C)c2cc(-c3ccccc3)ccc2-c2ccc(N(c3ccc(-c4cc5ccccc5c5ccccc45)cc3)c3ccc4c(c3)C(C)(C)c3cc(-c5cccc6c5sc5ccccc56)ccc3-4)cc21. The molecule has 0 amide bonds. The van der Waals surface area contributed by atoms with E-state index in [9.17, 15) is 0 Å². The molecule has 0 bridgehead atoms. The second-order valence-electron chi connectivity index (χ2n) is 20.5. The maximum atomic E-state index is 2.49. The average molecular weight is 912 g/mol.